The molecule has 0 aliphatic carbocycles. The Morgan fingerprint density at radius 1 is 1.15 bits per heavy atom. The normalized spacial score (nSPS) is 11.4. The zero-order valence-corrected chi connectivity index (χ0v) is 16.9. The molecule has 1 heterocycles. The van der Waals surface area contributed by atoms with Crippen molar-refractivity contribution in [3.05, 3.63) is 64.5 Å². The van der Waals surface area contributed by atoms with Gasteiger partial charge in [-0.1, -0.05) is 42.8 Å². The summed E-state index contributed by atoms with van der Waals surface area (Å²) in [4.78, 5) is 17.2. The number of rotatable bonds is 5. The van der Waals surface area contributed by atoms with Gasteiger partial charge >= 0.3 is 0 Å². The van der Waals surface area contributed by atoms with E-state index in [1.807, 2.05) is 31.4 Å². The lowest BCUT2D eigenvalue weighted by atomic mass is 10.0. The largest absolute Gasteiger partial charge is 0.298 e. The van der Waals surface area contributed by atoms with Crippen LogP contribution in [0.5, 0.6) is 0 Å². The van der Waals surface area contributed by atoms with E-state index < -0.39 is 15.7 Å². The first-order chi connectivity index (χ1) is 12.8. The van der Waals surface area contributed by atoms with Crippen molar-refractivity contribution in [2.24, 2.45) is 0 Å². The molecular formula is C20H20N2O3S2. The second kappa shape index (κ2) is 7.62. The Balaban J connectivity index is 1.88. The summed E-state index contributed by atoms with van der Waals surface area (Å²) in [7, 11) is -3.49. The lowest BCUT2D eigenvalue weighted by Gasteiger charge is -2.08. The van der Waals surface area contributed by atoms with E-state index in [0.717, 1.165) is 16.8 Å². The van der Waals surface area contributed by atoms with Crippen LogP contribution in [-0.4, -0.2) is 25.1 Å². The number of thiazole rings is 1. The van der Waals surface area contributed by atoms with Gasteiger partial charge in [-0.15, -0.1) is 11.3 Å². The molecule has 5 nitrogen and oxygen atoms in total. The van der Waals surface area contributed by atoms with Crippen LogP contribution in [0.4, 0.5) is 5.13 Å². The van der Waals surface area contributed by atoms with Crippen LogP contribution in [0.2, 0.25) is 0 Å². The van der Waals surface area contributed by atoms with E-state index >= 15 is 0 Å². The molecule has 0 spiro atoms. The maximum absolute atomic E-state index is 12.6. The number of sulfone groups is 1. The van der Waals surface area contributed by atoms with Gasteiger partial charge in [0, 0.05) is 10.9 Å². The molecule has 0 saturated carbocycles. The summed E-state index contributed by atoms with van der Waals surface area (Å²) in [6.07, 6.45) is 0. The van der Waals surface area contributed by atoms with Gasteiger partial charge in [0.05, 0.1) is 21.9 Å². The van der Waals surface area contributed by atoms with E-state index in [4.69, 9.17) is 0 Å². The predicted octanol–water partition coefficient (Wildman–Crippen LogP) is 4.47. The monoisotopic (exact) mass is 400 g/mol. The smallest absolute Gasteiger partial charge is 0.258 e. The molecular weight excluding hydrogens is 380 g/mol. The molecule has 0 atom stereocenters. The van der Waals surface area contributed by atoms with Gasteiger partial charge in [0.15, 0.2) is 15.0 Å². The molecule has 0 saturated heterocycles. The summed E-state index contributed by atoms with van der Waals surface area (Å²) in [5.74, 6) is -0.546. The van der Waals surface area contributed by atoms with Crippen molar-refractivity contribution in [2.45, 2.75) is 25.7 Å². The lowest BCUT2D eigenvalue weighted by molar-refractivity contribution is 0.102. The molecule has 0 bridgehead atoms. The second-order valence-electron chi connectivity index (χ2n) is 6.21. The van der Waals surface area contributed by atoms with Crippen molar-refractivity contribution in [2.75, 3.05) is 11.1 Å². The molecule has 3 aromatic rings. The van der Waals surface area contributed by atoms with E-state index in [0.29, 0.717) is 5.13 Å². The SMILES string of the molecule is CCS(=O)(=O)c1ccccc1C(=O)Nc1nc(-c2ccc(C)cc2C)cs1. The number of amides is 1. The van der Waals surface area contributed by atoms with Gasteiger partial charge < -0.3 is 0 Å². The molecule has 7 heteroatoms. The number of anilines is 1. The first-order valence-electron chi connectivity index (χ1n) is 8.48. The van der Waals surface area contributed by atoms with Crippen LogP contribution < -0.4 is 5.32 Å². The number of benzene rings is 2. The maximum Gasteiger partial charge on any atom is 0.258 e. The Hall–Kier alpha value is -2.51. The standard InChI is InChI=1S/C20H20N2O3S2/c1-4-27(24,25)18-8-6-5-7-16(18)19(23)22-20-21-17(12-26-20)15-10-9-13(2)11-14(15)3/h5-12H,4H2,1-3H3,(H,21,22,23). The molecule has 1 amide bonds. The summed E-state index contributed by atoms with van der Waals surface area (Å²) in [5.41, 5.74) is 4.20. The summed E-state index contributed by atoms with van der Waals surface area (Å²) < 4.78 is 24.5. The number of nitrogens with one attached hydrogen (secondary N) is 1. The van der Waals surface area contributed by atoms with Crippen LogP contribution in [0, 0.1) is 13.8 Å². The highest BCUT2D eigenvalue weighted by Crippen LogP contribution is 2.28. The number of aromatic nitrogens is 1. The fourth-order valence-corrected chi connectivity index (χ4v) is 4.60. The van der Waals surface area contributed by atoms with Crippen molar-refractivity contribution in [1.29, 1.82) is 0 Å². The Morgan fingerprint density at radius 2 is 1.89 bits per heavy atom. The Morgan fingerprint density at radius 3 is 2.59 bits per heavy atom. The summed E-state index contributed by atoms with van der Waals surface area (Å²) in [5, 5.41) is 5.03. The van der Waals surface area contributed by atoms with Crippen molar-refractivity contribution in [1.82, 2.24) is 4.98 Å². The molecule has 1 N–H and O–H groups in total. The highest BCUT2D eigenvalue weighted by atomic mass is 32.2. The molecule has 0 unspecified atom stereocenters. The average Bonchev–Trinajstić information content (AvgIpc) is 3.09. The molecule has 3 rings (SSSR count). The Kier molecular flexibility index (Phi) is 5.43. The zero-order valence-electron chi connectivity index (χ0n) is 15.3. The number of hydrogen-bond donors (Lipinski definition) is 1. The molecule has 0 aliphatic heterocycles. The molecule has 0 aliphatic rings. The van der Waals surface area contributed by atoms with Crippen LogP contribution in [0.1, 0.15) is 28.4 Å². The average molecular weight is 401 g/mol. The number of carbonyl (C=O) groups excluding carboxylic acids is 1. The quantitative estimate of drug-likeness (QED) is 0.685. The Bertz CT molecular complexity index is 1100. The van der Waals surface area contributed by atoms with Gasteiger partial charge in [0.25, 0.3) is 5.91 Å². The van der Waals surface area contributed by atoms with Gasteiger partial charge in [-0.05, 0) is 31.5 Å². The van der Waals surface area contributed by atoms with Crippen LogP contribution in [0.15, 0.2) is 52.7 Å². The molecule has 140 valence electrons. The van der Waals surface area contributed by atoms with Crippen LogP contribution in [0.3, 0.4) is 0 Å². The minimum absolute atomic E-state index is 0.0381. The number of hydrogen-bond acceptors (Lipinski definition) is 5. The van der Waals surface area contributed by atoms with Gasteiger partial charge in [-0.3, -0.25) is 10.1 Å². The van der Waals surface area contributed by atoms with Crippen LogP contribution in [0.25, 0.3) is 11.3 Å². The van der Waals surface area contributed by atoms with Crippen LogP contribution in [-0.2, 0) is 9.84 Å². The van der Waals surface area contributed by atoms with Gasteiger partial charge in [-0.25, -0.2) is 13.4 Å². The highest BCUT2D eigenvalue weighted by Gasteiger charge is 2.21. The van der Waals surface area contributed by atoms with Gasteiger partial charge in [0.2, 0.25) is 0 Å². The van der Waals surface area contributed by atoms with E-state index in [9.17, 15) is 13.2 Å². The molecule has 27 heavy (non-hydrogen) atoms. The minimum atomic E-state index is -3.49. The van der Waals surface area contributed by atoms with Crippen molar-refractivity contribution in [3.63, 3.8) is 0 Å². The summed E-state index contributed by atoms with van der Waals surface area (Å²) in [6, 6.07) is 12.3. The molecule has 0 fully saturated rings. The second-order valence-corrected chi connectivity index (χ2v) is 9.31. The molecule has 2 aromatic carbocycles. The third-order valence-corrected chi connectivity index (χ3v) is 6.77. The summed E-state index contributed by atoms with van der Waals surface area (Å²) in [6.45, 7) is 5.61. The van der Waals surface area contributed by atoms with Crippen molar-refractivity contribution >= 4 is 32.2 Å². The Labute approximate surface area is 163 Å². The third kappa shape index (κ3) is 4.09. The zero-order chi connectivity index (χ0) is 19.6. The van der Waals surface area contributed by atoms with Crippen molar-refractivity contribution in [3.8, 4) is 11.3 Å². The minimum Gasteiger partial charge on any atom is -0.298 e. The van der Waals surface area contributed by atoms with Crippen molar-refractivity contribution < 1.29 is 13.2 Å². The van der Waals surface area contributed by atoms with Gasteiger partial charge in [-0.2, -0.15) is 0 Å². The summed E-state index contributed by atoms with van der Waals surface area (Å²) >= 11 is 1.31. The van der Waals surface area contributed by atoms with E-state index in [-0.39, 0.29) is 16.2 Å². The first kappa shape index (κ1) is 19.3. The fraction of sp³-hybridized carbons (Fsp3) is 0.200. The predicted molar refractivity (Wildman–Crippen MR) is 109 cm³/mol. The first-order valence-corrected chi connectivity index (χ1v) is 11.0. The number of nitrogens with zero attached hydrogens (tertiary/aromatic N) is 1. The molecule has 1 aromatic heterocycles. The highest BCUT2D eigenvalue weighted by molar-refractivity contribution is 7.91. The topological polar surface area (TPSA) is 76.1 Å². The van der Waals surface area contributed by atoms with Crippen LogP contribution >= 0.6 is 11.3 Å². The van der Waals surface area contributed by atoms with Gasteiger partial charge in [0.1, 0.15) is 0 Å². The molecule has 0 radical (unpaired) electrons. The number of aryl methyl sites for hydroxylation is 2. The maximum atomic E-state index is 12.6. The van der Waals surface area contributed by atoms with E-state index in [2.05, 4.69) is 16.4 Å². The van der Waals surface area contributed by atoms with E-state index in [1.165, 1.54) is 29.0 Å². The fourth-order valence-electron chi connectivity index (χ4n) is 2.80. The number of carbonyl (C=O) groups is 1. The third-order valence-electron chi connectivity index (χ3n) is 4.23. The lowest BCUT2D eigenvalue weighted by Crippen LogP contribution is -2.17. The van der Waals surface area contributed by atoms with E-state index in [1.54, 1.807) is 19.1 Å².